The van der Waals surface area contributed by atoms with E-state index < -0.39 is 0 Å². The number of unbranched alkanes of at least 4 members (excludes halogenated alkanes) is 1. The van der Waals surface area contributed by atoms with Gasteiger partial charge in [0.1, 0.15) is 0 Å². The minimum atomic E-state index is 0.513. The topological polar surface area (TPSA) is 3.24 Å². The van der Waals surface area contributed by atoms with E-state index in [-0.39, 0.29) is 0 Å². The van der Waals surface area contributed by atoms with Crippen molar-refractivity contribution >= 4 is 11.8 Å². The van der Waals surface area contributed by atoms with E-state index in [1.165, 1.54) is 69.7 Å². The van der Waals surface area contributed by atoms with Crippen molar-refractivity contribution in [1.29, 1.82) is 0 Å². The standard InChI is InChI=1S/C17H35NS/c1-5-16(9-10-17(2,3)4)8-6-7-11-18-12-14-19-15-13-18/h16H,5-15H2,1-4H3/t16-/m1/s1. The molecule has 19 heavy (non-hydrogen) atoms. The first-order valence-electron chi connectivity index (χ1n) is 8.31. The Hall–Kier alpha value is 0.310. The molecule has 1 aliphatic rings. The predicted molar refractivity (Wildman–Crippen MR) is 90.1 cm³/mol. The summed E-state index contributed by atoms with van der Waals surface area (Å²) in [5.74, 6) is 3.67. The van der Waals surface area contributed by atoms with Crippen molar-refractivity contribution in [3.63, 3.8) is 0 Å². The van der Waals surface area contributed by atoms with Crippen LogP contribution in [0.1, 0.15) is 66.2 Å². The first-order valence-corrected chi connectivity index (χ1v) is 9.47. The molecule has 0 aliphatic carbocycles. The molecule has 1 atom stereocenters. The summed E-state index contributed by atoms with van der Waals surface area (Å²) in [7, 11) is 0. The fourth-order valence-corrected chi connectivity index (χ4v) is 3.76. The van der Waals surface area contributed by atoms with Crippen LogP contribution in [-0.4, -0.2) is 36.0 Å². The highest BCUT2D eigenvalue weighted by Gasteiger charge is 2.14. The average Bonchev–Trinajstić information content (AvgIpc) is 2.38. The lowest BCUT2D eigenvalue weighted by atomic mass is 9.84. The zero-order valence-electron chi connectivity index (χ0n) is 13.7. The molecule has 0 aromatic heterocycles. The summed E-state index contributed by atoms with van der Waals surface area (Å²) in [5, 5.41) is 0. The largest absolute Gasteiger partial charge is 0.302 e. The second-order valence-corrected chi connectivity index (χ2v) is 8.55. The van der Waals surface area contributed by atoms with Crippen LogP contribution in [-0.2, 0) is 0 Å². The minimum absolute atomic E-state index is 0.513. The van der Waals surface area contributed by atoms with Crippen LogP contribution in [0.5, 0.6) is 0 Å². The zero-order valence-corrected chi connectivity index (χ0v) is 14.5. The van der Waals surface area contributed by atoms with Gasteiger partial charge in [-0.3, -0.25) is 0 Å². The van der Waals surface area contributed by atoms with Crippen LogP contribution < -0.4 is 0 Å². The van der Waals surface area contributed by atoms with Gasteiger partial charge in [-0.25, -0.2) is 0 Å². The fourth-order valence-electron chi connectivity index (χ4n) is 2.78. The van der Waals surface area contributed by atoms with Crippen LogP contribution in [0.15, 0.2) is 0 Å². The molecule has 0 amide bonds. The maximum atomic E-state index is 2.66. The lowest BCUT2D eigenvalue weighted by molar-refractivity contribution is 0.277. The zero-order chi connectivity index (χ0) is 14.1. The third-order valence-corrected chi connectivity index (χ3v) is 5.26. The number of nitrogens with zero attached hydrogens (tertiary/aromatic N) is 1. The molecule has 114 valence electrons. The summed E-state index contributed by atoms with van der Waals surface area (Å²) < 4.78 is 0. The lowest BCUT2D eigenvalue weighted by Crippen LogP contribution is -2.33. The van der Waals surface area contributed by atoms with Crippen molar-refractivity contribution in [3.05, 3.63) is 0 Å². The van der Waals surface area contributed by atoms with Crippen LogP contribution in [0.4, 0.5) is 0 Å². The van der Waals surface area contributed by atoms with Gasteiger partial charge in [0.25, 0.3) is 0 Å². The van der Waals surface area contributed by atoms with Crippen molar-refractivity contribution in [3.8, 4) is 0 Å². The first-order chi connectivity index (χ1) is 9.01. The van der Waals surface area contributed by atoms with E-state index in [2.05, 4.69) is 44.4 Å². The van der Waals surface area contributed by atoms with Gasteiger partial charge in [0.15, 0.2) is 0 Å². The summed E-state index contributed by atoms with van der Waals surface area (Å²) >= 11 is 2.11. The highest BCUT2D eigenvalue weighted by Crippen LogP contribution is 2.27. The van der Waals surface area contributed by atoms with E-state index in [0.29, 0.717) is 5.41 Å². The Balaban J connectivity index is 2.05. The average molecular weight is 286 g/mol. The Morgan fingerprint density at radius 3 is 2.32 bits per heavy atom. The van der Waals surface area contributed by atoms with E-state index in [0.717, 1.165) is 5.92 Å². The molecule has 0 aromatic rings. The number of thioether (sulfide) groups is 1. The molecule has 0 N–H and O–H groups in total. The van der Waals surface area contributed by atoms with Crippen LogP contribution in [0.2, 0.25) is 0 Å². The summed E-state index contributed by atoms with van der Waals surface area (Å²) in [6.45, 7) is 13.5. The molecule has 0 aromatic carbocycles. The fraction of sp³-hybridized carbons (Fsp3) is 1.00. The SMILES string of the molecule is CC[C@H](CCCCN1CCSCC1)CCC(C)(C)C. The monoisotopic (exact) mass is 285 g/mol. The van der Waals surface area contributed by atoms with Crippen LogP contribution in [0.3, 0.4) is 0 Å². The maximum absolute atomic E-state index is 2.66. The van der Waals surface area contributed by atoms with Gasteiger partial charge in [0, 0.05) is 24.6 Å². The molecule has 0 spiro atoms. The highest BCUT2D eigenvalue weighted by molar-refractivity contribution is 7.99. The van der Waals surface area contributed by atoms with Crippen molar-refractivity contribution in [2.75, 3.05) is 31.1 Å². The van der Waals surface area contributed by atoms with Gasteiger partial charge < -0.3 is 4.90 Å². The van der Waals surface area contributed by atoms with Crippen LogP contribution >= 0.6 is 11.8 Å². The highest BCUT2D eigenvalue weighted by atomic mass is 32.2. The van der Waals surface area contributed by atoms with Gasteiger partial charge in [-0.15, -0.1) is 0 Å². The molecule has 1 rings (SSSR count). The summed E-state index contributed by atoms with van der Waals surface area (Å²) in [6.07, 6.45) is 8.49. The normalized spacial score (nSPS) is 19.6. The minimum Gasteiger partial charge on any atom is -0.302 e. The van der Waals surface area contributed by atoms with Gasteiger partial charge in [-0.05, 0) is 37.1 Å². The van der Waals surface area contributed by atoms with Crippen molar-refractivity contribution < 1.29 is 0 Å². The smallest absolute Gasteiger partial charge is 0.00727 e. The molecule has 1 saturated heterocycles. The second-order valence-electron chi connectivity index (χ2n) is 7.32. The third-order valence-electron chi connectivity index (χ3n) is 4.32. The van der Waals surface area contributed by atoms with Crippen molar-refractivity contribution in [2.45, 2.75) is 66.2 Å². The summed E-state index contributed by atoms with van der Waals surface area (Å²) in [6, 6.07) is 0. The Bertz CT molecular complexity index is 216. The third kappa shape index (κ3) is 8.96. The van der Waals surface area contributed by atoms with Crippen molar-refractivity contribution in [1.82, 2.24) is 4.90 Å². The van der Waals surface area contributed by atoms with E-state index in [1.807, 2.05) is 0 Å². The van der Waals surface area contributed by atoms with Crippen LogP contribution in [0.25, 0.3) is 0 Å². The Morgan fingerprint density at radius 2 is 1.74 bits per heavy atom. The lowest BCUT2D eigenvalue weighted by Gasteiger charge is -2.26. The van der Waals surface area contributed by atoms with Crippen molar-refractivity contribution in [2.24, 2.45) is 11.3 Å². The summed E-state index contributed by atoms with van der Waals surface area (Å²) in [5.41, 5.74) is 0.513. The Kier molecular flexibility index (Phi) is 8.48. The quantitative estimate of drug-likeness (QED) is 0.574. The molecule has 1 fully saturated rings. The number of rotatable bonds is 8. The van der Waals surface area contributed by atoms with Gasteiger partial charge in [0.05, 0.1) is 0 Å². The molecular weight excluding hydrogens is 250 g/mol. The van der Waals surface area contributed by atoms with Gasteiger partial charge in [0.2, 0.25) is 0 Å². The molecule has 1 heterocycles. The predicted octanol–water partition coefficient (Wildman–Crippen LogP) is 5.06. The number of hydrogen-bond acceptors (Lipinski definition) is 2. The van der Waals surface area contributed by atoms with Gasteiger partial charge in [-0.1, -0.05) is 47.0 Å². The Morgan fingerprint density at radius 1 is 1.05 bits per heavy atom. The summed E-state index contributed by atoms with van der Waals surface area (Å²) in [4.78, 5) is 2.66. The number of hydrogen-bond donors (Lipinski definition) is 0. The van der Waals surface area contributed by atoms with Gasteiger partial charge in [-0.2, -0.15) is 11.8 Å². The molecule has 1 nitrogen and oxygen atoms in total. The van der Waals surface area contributed by atoms with E-state index in [4.69, 9.17) is 0 Å². The van der Waals surface area contributed by atoms with Crippen LogP contribution in [0, 0.1) is 11.3 Å². The molecule has 1 aliphatic heterocycles. The molecular formula is C17H35NS. The maximum Gasteiger partial charge on any atom is 0.00727 e. The van der Waals surface area contributed by atoms with E-state index in [9.17, 15) is 0 Å². The molecule has 0 bridgehead atoms. The molecule has 2 heteroatoms. The van der Waals surface area contributed by atoms with Gasteiger partial charge >= 0.3 is 0 Å². The molecule has 0 radical (unpaired) electrons. The molecule has 0 saturated carbocycles. The molecule has 0 unspecified atom stereocenters. The van der Waals surface area contributed by atoms with E-state index in [1.54, 1.807) is 0 Å². The second kappa shape index (κ2) is 9.28. The van der Waals surface area contributed by atoms with E-state index >= 15 is 0 Å². The Labute approximate surface area is 125 Å². The first kappa shape index (κ1) is 17.4.